The summed E-state index contributed by atoms with van der Waals surface area (Å²) in [6, 6.07) is 0. The fraction of sp³-hybridized carbons (Fsp3) is 1.00. The second-order valence-electron chi connectivity index (χ2n) is 6.30. The van der Waals surface area contributed by atoms with Crippen LogP contribution in [-0.2, 0) is 0 Å². The highest BCUT2D eigenvalue weighted by molar-refractivity contribution is 5.00. The minimum absolute atomic E-state index is 1.07. The first-order valence-electron chi connectivity index (χ1n) is 7.76. The van der Waals surface area contributed by atoms with Gasteiger partial charge in [0.05, 0.1) is 0 Å². The zero-order chi connectivity index (χ0) is 11.7. The summed E-state index contributed by atoms with van der Waals surface area (Å²) in [4.78, 5) is 0. The van der Waals surface area contributed by atoms with E-state index in [0.29, 0.717) is 0 Å². The van der Waals surface area contributed by atoms with Gasteiger partial charge in [-0.1, -0.05) is 53.4 Å². The molecule has 0 radical (unpaired) electrons. The first-order chi connectivity index (χ1) is 7.76. The van der Waals surface area contributed by atoms with Crippen molar-refractivity contribution in [1.29, 1.82) is 0 Å². The van der Waals surface area contributed by atoms with Gasteiger partial charge in [0.25, 0.3) is 0 Å². The minimum atomic E-state index is 1.07. The maximum atomic E-state index is 2.42. The van der Waals surface area contributed by atoms with Crippen LogP contribution in [0.4, 0.5) is 0 Å². The van der Waals surface area contributed by atoms with E-state index in [1.807, 2.05) is 0 Å². The first-order valence-corrected chi connectivity index (χ1v) is 7.76. The van der Waals surface area contributed by atoms with Gasteiger partial charge in [-0.3, -0.25) is 0 Å². The highest BCUT2D eigenvalue weighted by Crippen LogP contribution is 2.59. The third kappa shape index (κ3) is 1.83. The van der Waals surface area contributed by atoms with Crippen molar-refractivity contribution in [2.75, 3.05) is 0 Å². The molecule has 0 aliphatic heterocycles. The molecule has 0 N–H and O–H groups in total. The number of rotatable bonds is 4. The highest BCUT2D eigenvalue weighted by Gasteiger charge is 2.51. The molecule has 0 amide bonds. The second-order valence-corrected chi connectivity index (χ2v) is 6.30. The van der Waals surface area contributed by atoms with Gasteiger partial charge in [0.15, 0.2) is 0 Å². The molecule has 0 bridgehead atoms. The molecule has 0 heterocycles. The zero-order valence-corrected chi connectivity index (χ0v) is 11.7. The molecule has 0 aromatic carbocycles. The van der Waals surface area contributed by atoms with E-state index in [9.17, 15) is 0 Å². The van der Waals surface area contributed by atoms with Crippen molar-refractivity contribution in [3.8, 4) is 0 Å². The van der Waals surface area contributed by atoms with Gasteiger partial charge < -0.3 is 0 Å². The Bertz CT molecular complexity index is 176. The van der Waals surface area contributed by atoms with Gasteiger partial charge in [-0.2, -0.15) is 0 Å². The minimum Gasteiger partial charge on any atom is -0.0651 e. The van der Waals surface area contributed by atoms with Crippen molar-refractivity contribution in [2.24, 2.45) is 35.5 Å². The topological polar surface area (TPSA) is 0 Å². The zero-order valence-electron chi connectivity index (χ0n) is 11.7. The Labute approximate surface area is 102 Å². The highest BCUT2D eigenvalue weighted by atomic mass is 14.6. The second kappa shape index (κ2) is 5.10. The van der Waals surface area contributed by atoms with Crippen LogP contribution >= 0.6 is 0 Å². The predicted octanol–water partition coefficient (Wildman–Crippen LogP) is 5.13. The van der Waals surface area contributed by atoms with Crippen LogP contribution in [0.25, 0.3) is 0 Å². The maximum Gasteiger partial charge on any atom is -0.0324 e. The SMILES string of the molecule is CCC1CC(CC)C2C(CC)CC(CC)C12. The standard InChI is InChI=1S/C16H30/c1-5-11-9-12(6-2)16-14(8-4)10-13(7-3)15(11)16/h11-16H,5-10H2,1-4H3. The number of hydrogen-bond acceptors (Lipinski definition) is 0. The summed E-state index contributed by atoms with van der Waals surface area (Å²) in [5.41, 5.74) is 0. The van der Waals surface area contributed by atoms with Crippen molar-refractivity contribution in [3.63, 3.8) is 0 Å². The van der Waals surface area contributed by atoms with Gasteiger partial charge in [-0.05, 0) is 48.3 Å². The fourth-order valence-corrected chi connectivity index (χ4v) is 5.19. The molecule has 0 heteroatoms. The van der Waals surface area contributed by atoms with E-state index in [4.69, 9.17) is 0 Å². The van der Waals surface area contributed by atoms with Crippen LogP contribution in [0.15, 0.2) is 0 Å². The van der Waals surface area contributed by atoms with E-state index in [0.717, 1.165) is 35.5 Å². The maximum absolute atomic E-state index is 2.42. The normalized spacial score (nSPS) is 47.2. The average Bonchev–Trinajstić information content (AvgIpc) is 2.85. The van der Waals surface area contributed by atoms with Crippen LogP contribution in [0.1, 0.15) is 66.2 Å². The predicted molar refractivity (Wildman–Crippen MR) is 71.3 cm³/mol. The van der Waals surface area contributed by atoms with E-state index >= 15 is 0 Å². The van der Waals surface area contributed by atoms with E-state index in [-0.39, 0.29) is 0 Å². The fourth-order valence-electron chi connectivity index (χ4n) is 5.19. The lowest BCUT2D eigenvalue weighted by atomic mass is 9.80. The van der Waals surface area contributed by atoms with Crippen LogP contribution in [0.2, 0.25) is 0 Å². The molecular weight excluding hydrogens is 192 g/mol. The van der Waals surface area contributed by atoms with Crippen LogP contribution in [0, 0.1) is 35.5 Å². The van der Waals surface area contributed by atoms with Crippen molar-refractivity contribution < 1.29 is 0 Å². The van der Waals surface area contributed by atoms with Crippen molar-refractivity contribution >= 4 is 0 Å². The molecular formula is C16H30. The van der Waals surface area contributed by atoms with Gasteiger partial charge >= 0.3 is 0 Å². The van der Waals surface area contributed by atoms with Crippen LogP contribution in [-0.4, -0.2) is 0 Å². The molecule has 2 saturated carbocycles. The molecule has 94 valence electrons. The van der Waals surface area contributed by atoms with Crippen molar-refractivity contribution in [1.82, 2.24) is 0 Å². The Balaban J connectivity index is 2.19. The van der Waals surface area contributed by atoms with Gasteiger partial charge in [-0.25, -0.2) is 0 Å². The monoisotopic (exact) mass is 222 g/mol. The summed E-state index contributed by atoms with van der Waals surface area (Å²) in [5, 5.41) is 0. The molecule has 0 aromatic rings. The Hall–Kier alpha value is 0. The van der Waals surface area contributed by atoms with Crippen molar-refractivity contribution in [3.05, 3.63) is 0 Å². The molecule has 0 saturated heterocycles. The quantitative estimate of drug-likeness (QED) is 0.618. The van der Waals surface area contributed by atoms with Crippen molar-refractivity contribution in [2.45, 2.75) is 66.2 Å². The molecule has 2 aliphatic rings. The third-order valence-electron chi connectivity index (χ3n) is 5.93. The van der Waals surface area contributed by atoms with Crippen LogP contribution < -0.4 is 0 Å². The lowest BCUT2D eigenvalue weighted by Crippen LogP contribution is -2.19. The van der Waals surface area contributed by atoms with E-state index in [2.05, 4.69) is 27.7 Å². The van der Waals surface area contributed by atoms with Gasteiger partial charge in [0.2, 0.25) is 0 Å². The molecule has 2 fully saturated rings. The van der Waals surface area contributed by atoms with Gasteiger partial charge in [0, 0.05) is 0 Å². The van der Waals surface area contributed by atoms with E-state index in [1.54, 1.807) is 12.8 Å². The molecule has 0 aromatic heterocycles. The molecule has 16 heavy (non-hydrogen) atoms. The lowest BCUT2D eigenvalue weighted by molar-refractivity contribution is 0.229. The number of fused-ring (bicyclic) bond motifs is 1. The Kier molecular flexibility index (Phi) is 3.97. The summed E-state index contributed by atoms with van der Waals surface area (Å²) < 4.78 is 0. The summed E-state index contributed by atoms with van der Waals surface area (Å²) in [7, 11) is 0. The Morgan fingerprint density at radius 3 is 1.00 bits per heavy atom. The third-order valence-corrected chi connectivity index (χ3v) is 5.93. The Morgan fingerprint density at radius 1 is 0.562 bits per heavy atom. The molecule has 4 atom stereocenters. The molecule has 2 aliphatic carbocycles. The van der Waals surface area contributed by atoms with Crippen LogP contribution in [0.3, 0.4) is 0 Å². The number of hydrogen-bond donors (Lipinski definition) is 0. The Morgan fingerprint density at radius 2 is 0.812 bits per heavy atom. The summed E-state index contributed by atoms with van der Waals surface area (Å²) in [6.45, 7) is 9.69. The average molecular weight is 222 g/mol. The summed E-state index contributed by atoms with van der Waals surface area (Å²) in [6.07, 6.45) is 8.84. The van der Waals surface area contributed by atoms with E-state index < -0.39 is 0 Å². The van der Waals surface area contributed by atoms with Crippen LogP contribution in [0.5, 0.6) is 0 Å². The molecule has 2 rings (SSSR count). The molecule has 4 unspecified atom stereocenters. The largest absolute Gasteiger partial charge is 0.0651 e. The molecule has 0 spiro atoms. The van der Waals surface area contributed by atoms with Gasteiger partial charge in [0.1, 0.15) is 0 Å². The first kappa shape index (κ1) is 12.5. The summed E-state index contributed by atoms with van der Waals surface area (Å²) >= 11 is 0. The molecule has 0 nitrogen and oxygen atoms in total. The van der Waals surface area contributed by atoms with Gasteiger partial charge in [-0.15, -0.1) is 0 Å². The van der Waals surface area contributed by atoms with E-state index in [1.165, 1.54) is 25.7 Å². The summed E-state index contributed by atoms with van der Waals surface area (Å²) in [5.74, 6) is 6.47. The smallest absolute Gasteiger partial charge is 0.0324 e. The lowest BCUT2D eigenvalue weighted by Gasteiger charge is -2.25.